The largest absolute Gasteiger partial charge is 0.480 e. The average Bonchev–Trinajstić information content (AvgIpc) is 2.14. The average molecular weight is 245 g/mol. The monoisotopic (exact) mass is 245 g/mol. The van der Waals surface area contributed by atoms with Crippen LogP contribution in [0.2, 0.25) is 0 Å². The minimum absolute atomic E-state index is 0.00583. The predicted molar refractivity (Wildman–Crippen MR) is 59.6 cm³/mol. The molecule has 0 bridgehead atoms. The fraction of sp³-hybridized carbons (Fsp3) is 0.818. The Morgan fingerprint density at radius 1 is 1.29 bits per heavy atom. The normalized spacial score (nSPS) is 25.5. The van der Waals surface area contributed by atoms with Crippen LogP contribution in [0.25, 0.3) is 0 Å². The minimum Gasteiger partial charge on any atom is -0.480 e. The number of carbonyl (C=O) groups excluding carboxylic acids is 1. The molecule has 17 heavy (non-hydrogen) atoms. The Bertz CT molecular complexity index is 309. The maximum atomic E-state index is 11.8. The molecule has 1 heterocycles. The summed E-state index contributed by atoms with van der Waals surface area (Å²) in [6.07, 6.45) is -0.742. The van der Waals surface area contributed by atoms with Crippen molar-refractivity contribution in [3.05, 3.63) is 0 Å². The Kier molecular flexibility index (Phi) is 3.98. The highest BCUT2D eigenvalue weighted by Crippen LogP contribution is 2.20. The van der Waals surface area contributed by atoms with Crippen LogP contribution < -0.4 is 0 Å². The molecule has 0 radical (unpaired) electrons. The van der Waals surface area contributed by atoms with Crippen molar-refractivity contribution in [2.24, 2.45) is 0 Å². The molecule has 1 saturated heterocycles. The smallest absolute Gasteiger partial charge is 0.411 e. The first-order valence-corrected chi connectivity index (χ1v) is 5.61. The van der Waals surface area contributed by atoms with Crippen molar-refractivity contribution in [1.82, 2.24) is 4.90 Å². The Morgan fingerprint density at radius 3 is 2.35 bits per heavy atom. The Labute approximate surface area is 100 Å². The molecule has 1 rings (SSSR count). The molecule has 6 heteroatoms. The van der Waals surface area contributed by atoms with Crippen molar-refractivity contribution in [3.63, 3.8) is 0 Å². The van der Waals surface area contributed by atoms with Gasteiger partial charge in [0.1, 0.15) is 11.6 Å². The number of piperidine rings is 1. The van der Waals surface area contributed by atoms with Gasteiger partial charge in [-0.1, -0.05) is 0 Å². The van der Waals surface area contributed by atoms with E-state index in [-0.39, 0.29) is 13.0 Å². The molecule has 0 spiro atoms. The van der Waals surface area contributed by atoms with E-state index in [4.69, 9.17) is 9.84 Å². The molecule has 0 saturated carbocycles. The van der Waals surface area contributed by atoms with Crippen molar-refractivity contribution in [2.45, 2.75) is 51.4 Å². The molecule has 1 amide bonds. The lowest BCUT2D eigenvalue weighted by Gasteiger charge is -2.36. The molecular weight excluding hydrogens is 226 g/mol. The van der Waals surface area contributed by atoms with Crippen LogP contribution in [0.5, 0.6) is 0 Å². The molecule has 6 nitrogen and oxygen atoms in total. The highest BCUT2D eigenvalue weighted by Gasteiger charge is 2.37. The number of likely N-dealkylation sites (tertiary alicyclic amines) is 1. The van der Waals surface area contributed by atoms with Gasteiger partial charge < -0.3 is 14.9 Å². The van der Waals surface area contributed by atoms with Crippen LogP contribution in [0.15, 0.2) is 0 Å². The number of carboxylic acids is 1. The van der Waals surface area contributed by atoms with E-state index in [1.54, 1.807) is 20.8 Å². The predicted octanol–water partition coefficient (Wildman–Crippen LogP) is 0.831. The van der Waals surface area contributed by atoms with E-state index in [1.165, 1.54) is 0 Å². The number of hydrogen-bond donors (Lipinski definition) is 2. The summed E-state index contributed by atoms with van der Waals surface area (Å²) in [6, 6.07) is -0.909. The summed E-state index contributed by atoms with van der Waals surface area (Å²) < 4.78 is 5.12. The van der Waals surface area contributed by atoms with Gasteiger partial charge in [-0.05, 0) is 33.6 Å². The van der Waals surface area contributed by atoms with Gasteiger partial charge in [0.15, 0.2) is 0 Å². The van der Waals surface area contributed by atoms with Crippen molar-refractivity contribution in [1.29, 1.82) is 0 Å². The topological polar surface area (TPSA) is 87.1 Å². The van der Waals surface area contributed by atoms with E-state index in [0.717, 1.165) is 4.90 Å². The summed E-state index contributed by atoms with van der Waals surface area (Å²) in [5, 5.41) is 18.5. The first-order chi connectivity index (χ1) is 7.70. The highest BCUT2D eigenvalue weighted by atomic mass is 16.6. The van der Waals surface area contributed by atoms with Gasteiger partial charge in [0.05, 0.1) is 12.6 Å². The number of β-amino-alcohol motifs (C(OH)–C–C–N with tert-alkyl or cyclic N) is 1. The third kappa shape index (κ3) is 3.89. The van der Waals surface area contributed by atoms with Crippen molar-refractivity contribution < 1.29 is 24.5 Å². The molecule has 1 aliphatic rings. The first kappa shape index (κ1) is 13.8. The fourth-order valence-electron chi connectivity index (χ4n) is 1.73. The van der Waals surface area contributed by atoms with Crippen molar-refractivity contribution in [3.8, 4) is 0 Å². The van der Waals surface area contributed by atoms with E-state index in [2.05, 4.69) is 0 Å². The van der Waals surface area contributed by atoms with Crippen molar-refractivity contribution >= 4 is 12.1 Å². The first-order valence-electron chi connectivity index (χ1n) is 5.61. The van der Waals surface area contributed by atoms with Crippen LogP contribution in [0.4, 0.5) is 4.79 Å². The van der Waals surface area contributed by atoms with Crippen LogP contribution in [-0.2, 0) is 9.53 Å². The zero-order chi connectivity index (χ0) is 13.2. The molecule has 98 valence electrons. The Morgan fingerprint density at radius 2 is 1.88 bits per heavy atom. The molecule has 2 atom stereocenters. The number of ether oxygens (including phenoxy) is 1. The summed E-state index contributed by atoms with van der Waals surface area (Å²) in [5.74, 6) is -1.07. The quantitative estimate of drug-likeness (QED) is 0.714. The minimum atomic E-state index is -1.07. The van der Waals surface area contributed by atoms with E-state index in [1.807, 2.05) is 0 Å². The number of aliphatic hydroxyl groups excluding tert-OH is 1. The number of aliphatic carboxylic acids is 1. The zero-order valence-electron chi connectivity index (χ0n) is 10.3. The van der Waals surface area contributed by atoms with Gasteiger partial charge in [0.2, 0.25) is 0 Å². The maximum Gasteiger partial charge on any atom is 0.411 e. The van der Waals surface area contributed by atoms with E-state index in [0.29, 0.717) is 6.42 Å². The van der Waals surface area contributed by atoms with E-state index < -0.39 is 29.8 Å². The van der Waals surface area contributed by atoms with Crippen molar-refractivity contribution in [2.75, 3.05) is 6.54 Å². The summed E-state index contributed by atoms with van der Waals surface area (Å²) in [4.78, 5) is 23.9. The molecule has 0 aliphatic carbocycles. The number of nitrogens with zero attached hydrogens (tertiary/aromatic N) is 1. The van der Waals surface area contributed by atoms with Crippen LogP contribution in [-0.4, -0.2) is 51.5 Å². The standard InChI is InChI=1S/C11H19NO5/c1-11(2,3)17-10(16)12-6-7(13)4-5-8(12)9(14)15/h7-8,13H,4-6H2,1-3H3,(H,14,15)/t7?,8-/m0/s1. The third-order valence-electron chi connectivity index (χ3n) is 2.47. The molecule has 0 aromatic rings. The Balaban J connectivity index is 2.75. The van der Waals surface area contributed by atoms with Gasteiger partial charge in [-0.2, -0.15) is 0 Å². The lowest BCUT2D eigenvalue weighted by atomic mass is 10.0. The summed E-state index contributed by atoms with van der Waals surface area (Å²) in [7, 11) is 0. The number of amides is 1. The van der Waals surface area contributed by atoms with Crippen LogP contribution in [0.1, 0.15) is 33.6 Å². The van der Waals surface area contributed by atoms with Gasteiger partial charge in [-0.25, -0.2) is 9.59 Å². The van der Waals surface area contributed by atoms with Gasteiger partial charge in [0, 0.05) is 0 Å². The van der Waals surface area contributed by atoms with E-state index >= 15 is 0 Å². The van der Waals surface area contributed by atoms with Gasteiger partial charge in [-0.15, -0.1) is 0 Å². The van der Waals surface area contributed by atoms with E-state index in [9.17, 15) is 14.7 Å². The number of hydrogen-bond acceptors (Lipinski definition) is 4. The van der Waals surface area contributed by atoms with Crippen LogP contribution >= 0.6 is 0 Å². The van der Waals surface area contributed by atoms with Gasteiger partial charge >= 0.3 is 12.1 Å². The number of aliphatic hydroxyl groups is 1. The second kappa shape index (κ2) is 4.91. The lowest BCUT2D eigenvalue weighted by Crippen LogP contribution is -2.53. The van der Waals surface area contributed by atoms with Gasteiger partial charge in [-0.3, -0.25) is 4.90 Å². The molecule has 0 aromatic heterocycles. The summed E-state index contributed by atoms with van der Waals surface area (Å²) >= 11 is 0. The second-order valence-electron chi connectivity index (χ2n) is 5.22. The zero-order valence-corrected chi connectivity index (χ0v) is 10.3. The van der Waals surface area contributed by atoms with Gasteiger partial charge in [0.25, 0.3) is 0 Å². The molecule has 1 aliphatic heterocycles. The van der Waals surface area contributed by atoms with Crippen LogP contribution in [0.3, 0.4) is 0 Å². The molecule has 1 fully saturated rings. The molecular formula is C11H19NO5. The molecule has 2 N–H and O–H groups in total. The highest BCUT2D eigenvalue weighted by molar-refractivity contribution is 5.80. The number of carboxylic acid groups (broad SMARTS) is 1. The molecule has 1 unspecified atom stereocenters. The second-order valence-corrected chi connectivity index (χ2v) is 5.22. The lowest BCUT2D eigenvalue weighted by molar-refractivity contribution is -0.145. The summed E-state index contributed by atoms with van der Waals surface area (Å²) in [6.45, 7) is 5.13. The Hall–Kier alpha value is -1.30. The third-order valence-corrected chi connectivity index (χ3v) is 2.47. The molecule has 0 aromatic carbocycles. The number of carbonyl (C=O) groups is 2. The SMILES string of the molecule is CC(C)(C)OC(=O)N1CC(O)CC[C@H]1C(=O)O. The van der Waals surface area contributed by atoms with Crippen LogP contribution in [0, 0.1) is 0 Å². The number of rotatable bonds is 1. The summed E-state index contributed by atoms with van der Waals surface area (Å²) in [5.41, 5.74) is -0.678. The maximum absolute atomic E-state index is 11.8. The fourth-order valence-corrected chi connectivity index (χ4v) is 1.73.